The number of nitrogens with zero attached hydrogens (tertiary/aromatic N) is 4. The number of carbonyl (C=O) groups excluding carboxylic acids is 1. The van der Waals surface area contributed by atoms with E-state index >= 15 is 0 Å². The molecule has 0 spiro atoms. The first-order chi connectivity index (χ1) is 15.2. The maximum atomic E-state index is 12.9. The van der Waals surface area contributed by atoms with Crippen LogP contribution in [0.2, 0.25) is 0 Å². The fourth-order valence-corrected chi connectivity index (χ4v) is 3.43. The molecule has 1 N–H and O–H groups in total. The number of amides is 1. The van der Waals surface area contributed by atoms with E-state index in [4.69, 9.17) is 36.1 Å². The molecule has 0 unspecified atom stereocenters. The molecular weight excluding hydrogens is 398 g/mol. The number of carbonyl (C=O) groups is 1. The molecule has 4 aromatic rings. The van der Waals surface area contributed by atoms with Gasteiger partial charge in [0.1, 0.15) is 48.8 Å². The Morgan fingerprint density at radius 2 is 1.59 bits per heavy atom. The molecule has 8 radical (unpaired) electrons. The lowest BCUT2D eigenvalue weighted by Gasteiger charge is -2.20. The maximum Gasteiger partial charge on any atom is 0.255 e. The highest BCUT2D eigenvalue weighted by atomic mass is 16.5. The molecular formula is C21H15B4N5O2. The van der Waals surface area contributed by atoms with Crippen molar-refractivity contribution in [1.29, 1.82) is 0 Å². The number of anilines is 1. The van der Waals surface area contributed by atoms with Gasteiger partial charge in [-0.3, -0.25) is 9.78 Å². The minimum absolute atomic E-state index is 0.0232. The predicted octanol–water partition coefficient (Wildman–Crippen LogP) is -1.23. The van der Waals surface area contributed by atoms with Crippen LogP contribution in [0.1, 0.15) is 16.2 Å². The highest BCUT2D eigenvalue weighted by Crippen LogP contribution is 2.23. The second-order valence-corrected chi connectivity index (χ2v) is 7.25. The number of imidazole rings is 1. The van der Waals surface area contributed by atoms with Gasteiger partial charge in [0.2, 0.25) is 0 Å². The van der Waals surface area contributed by atoms with Crippen LogP contribution in [0.3, 0.4) is 0 Å². The summed E-state index contributed by atoms with van der Waals surface area (Å²) in [6, 6.07) is 3.62. The highest BCUT2D eigenvalue weighted by Gasteiger charge is 2.19. The largest absolute Gasteiger partial charge is 0.498 e. The average molecular weight is 413 g/mol. The Balaban J connectivity index is 1.71. The number of methoxy groups -OCH3 is 1. The third kappa shape index (κ3) is 3.57. The fourth-order valence-electron chi connectivity index (χ4n) is 3.43. The minimum atomic E-state index is -0.593. The van der Waals surface area contributed by atoms with Crippen LogP contribution in [0, 0.1) is 6.92 Å². The number of rotatable bonds is 4. The number of aromatic nitrogens is 4. The summed E-state index contributed by atoms with van der Waals surface area (Å²) in [7, 11) is 27.3. The van der Waals surface area contributed by atoms with Crippen LogP contribution in [-0.4, -0.2) is 63.9 Å². The molecule has 11 heteroatoms. The van der Waals surface area contributed by atoms with Gasteiger partial charge in [0.25, 0.3) is 5.91 Å². The lowest BCUT2D eigenvalue weighted by molar-refractivity contribution is 0.102. The summed E-state index contributed by atoms with van der Waals surface area (Å²) in [5.74, 6) is 0.709. The summed E-state index contributed by atoms with van der Waals surface area (Å²) in [6.45, 7) is 1.91. The van der Waals surface area contributed by atoms with Crippen molar-refractivity contribution in [3.8, 4) is 17.1 Å². The van der Waals surface area contributed by atoms with Gasteiger partial charge in [0.05, 0.1) is 24.7 Å². The summed E-state index contributed by atoms with van der Waals surface area (Å²) in [6.07, 6.45) is 5.09. The quantitative estimate of drug-likeness (QED) is 0.425. The van der Waals surface area contributed by atoms with Crippen LogP contribution < -0.4 is 31.9 Å². The number of nitrogens with one attached hydrogen (secondary N) is 1. The van der Waals surface area contributed by atoms with Gasteiger partial charge in [-0.1, -0.05) is 21.9 Å². The van der Waals surface area contributed by atoms with E-state index in [1.54, 1.807) is 24.7 Å². The van der Waals surface area contributed by atoms with E-state index in [9.17, 15) is 4.79 Å². The van der Waals surface area contributed by atoms with Crippen LogP contribution in [0.4, 0.5) is 5.82 Å². The molecule has 0 aliphatic carbocycles. The van der Waals surface area contributed by atoms with Crippen LogP contribution in [0.25, 0.3) is 22.2 Å². The van der Waals surface area contributed by atoms with E-state index in [-0.39, 0.29) is 33.2 Å². The number of pyridine rings is 2. The van der Waals surface area contributed by atoms with E-state index in [2.05, 4.69) is 20.3 Å². The normalized spacial score (nSPS) is 11.0. The molecule has 0 aliphatic heterocycles. The third-order valence-corrected chi connectivity index (χ3v) is 5.37. The second-order valence-electron chi connectivity index (χ2n) is 7.25. The Bertz CT molecular complexity index is 1360. The summed E-state index contributed by atoms with van der Waals surface area (Å²) < 4.78 is 7.08. The summed E-state index contributed by atoms with van der Waals surface area (Å²) in [5, 5.41) is 4.33. The molecule has 0 atom stereocenters. The lowest BCUT2D eigenvalue weighted by Crippen LogP contribution is -2.47. The molecule has 0 bridgehead atoms. The fraction of sp³-hybridized carbons (Fsp3) is 0.143. The molecule has 3 aromatic heterocycles. The summed E-state index contributed by atoms with van der Waals surface area (Å²) >= 11 is 0. The monoisotopic (exact) mass is 413 g/mol. The SMILES string of the molecule is [B]c1c([B])c(C(=O)Nc2cc3cc(-c4cnc(C)n4C)ncc3cn2)c([B])c([B])c1OC. The van der Waals surface area contributed by atoms with Crippen LogP contribution in [0.5, 0.6) is 5.75 Å². The number of fused-ring (bicyclic) bond motifs is 1. The molecule has 1 aromatic carbocycles. The lowest BCUT2D eigenvalue weighted by atomic mass is 9.66. The first kappa shape index (κ1) is 21.7. The highest BCUT2D eigenvalue weighted by molar-refractivity contribution is 6.61. The van der Waals surface area contributed by atoms with Crippen LogP contribution in [0.15, 0.2) is 30.7 Å². The van der Waals surface area contributed by atoms with Crippen LogP contribution in [-0.2, 0) is 7.05 Å². The molecule has 148 valence electrons. The van der Waals surface area contributed by atoms with Crippen molar-refractivity contribution in [3.05, 3.63) is 42.1 Å². The van der Waals surface area contributed by atoms with E-state index in [0.29, 0.717) is 5.82 Å². The van der Waals surface area contributed by atoms with Crippen molar-refractivity contribution < 1.29 is 9.53 Å². The standard InChI is InChI=1S/C21H15B4N5O2/c1-9-26-8-13(30(9)2)12-4-10-5-14(28-7-11(10)6-27-12)29-21(31)15-16(22)18(24)20(32-3)19(25)17(15)23/h4-8H,1-3H3,(H,28,29,31). The Kier molecular flexibility index (Phi) is 5.59. The van der Waals surface area contributed by atoms with Crippen molar-refractivity contribution in [2.45, 2.75) is 6.92 Å². The van der Waals surface area contributed by atoms with Crippen molar-refractivity contribution in [2.75, 3.05) is 12.4 Å². The molecule has 0 aliphatic rings. The number of benzene rings is 1. The van der Waals surface area contributed by atoms with Crippen molar-refractivity contribution >= 4 is 75.7 Å². The maximum absolute atomic E-state index is 12.9. The molecule has 0 fully saturated rings. The molecule has 7 nitrogen and oxygen atoms in total. The minimum Gasteiger partial charge on any atom is -0.498 e. The summed E-state index contributed by atoms with van der Waals surface area (Å²) in [5.41, 5.74) is 1.61. The Morgan fingerprint density at radius 3 is 2.19 bits per heavy atom. The van der Waals surface area contributed by atoms with Gasteiger partial charge in [-0.25, -0.2) is 9.97 Å². The smallest absolute Gasteiger partial charge is 0.255 e. The molecule has 32 heavy (non-hydrogen) atoms. The van der Waals surface area contributed by atoms with E-state index in [1.165, 1.54) is 7.11 Å². The van der Waals surface area contributed by atoms with Crippen molar-refractivity contribution in [1.82, 2.24) is 19.5 Å². The molecule has 0 saturated carbocycles. The predicted molar refractivity (Wildman–Crippen MR) is 129 cm³/mol. The van der Waals surface area contributed by atoms with E-state index < -0.39 is 5.91 Å². The van der Waals surface area contributed by atoms with Gasteiger partial charge in [-0.05, 0) is 24.4 Å². The zero-order valence-electron chi connectivity index (χ0n) is 17.8. The van der Waals surface area contributed by atoms with Gasteiger partial charge in [-0.2, -0.15) is 0 Å². The number of hydrogen-bond donors (Lipinski definition) is 1. The summed E-state index contributed by atoms with van der Waals surface area (Å²) in [4.78, 5) is 26.0. The molecule has 1 amide bonds. The zero-order valence-corrected chi connectivity index (χ0v) is 17.8. The third-order valence-electron chi connectivity index (χ3n) is 5.37. The van der Waals surface area contributed by atoms with Crippen LogP contribution >= 0.6 is 0 Å². The average Bonchev–Trinajstić information content (AvgIpc) is 3.11. The molecule has 0 saturated heterocycles. The van der Waals surface area contributed by atoms with Gasteiger partial charge in [0.15, 0.2) is 0 Å². The van der Waals surface area contributed by atoms with Gasteiger partial charge < -0.3 is 14.6 Å². The first-order valence-corrected chi connectivity index (χ1v) is 9.58. The molecule has 3 heterocycles. The van der Waals surface area contributed by atoms with Gasteiger partial charge in [-0.15, -0.1) is 0 Å². The zero-order chi connectivity index (χ0) is 23.2. The number of aryl methyl sites for hydroxylation is 1. The Morgan fingerprint density at radius 1 is 0.938 bits per heavy atom. The second kappa shape index (κ2) is 8.22. The van der Waals surface area contributed by atoms with Crippen molar-refractivity contribution in [3.63, 3.8) is 0 Å². The topological polar surface area (TPSA) is 81.9 Å². The number of ether oxygens (including phenoxy) is 1. The van der Waals surface area contributed by atoms with E-state index in [1.807, 2.05) is 24.6 Å². The van der Waals surface area contributed by atoms with Gasteiger partial charge in [0, 0.05) is 30.4 Å². The van der Waals surface area contributed by atoms with E-state index in [0.717, 1.165) is 28.0 Å². The Labute approximate surface area is 190 Å². The number of hydrogen-bond acceptors (Lipinski definition) is 5. The van der Waals surface area contributed by atoms with Gasteiger partial charge >= 0.3 is 0 Å². The molecule has 4 rings (SSSR count). The first-order valence-electron chi connectivity index (χ1n) is 9.58. The van der Waals surface area contributed by atoms with Crippen molar-refractivity contribution in [2.24, 2.45) is 7.05 Å². The Hall–Kier alpha value is -3.48.